The third-order valence-electron chi connectivity index (χ3n) is 11.2. The summed E-state index contributed by atoms with van der Waals surface area (Å²) >= 11 is 0. The van der Waals surface area contributed by atoms with E-state index in [0.29, 0.717) is 6.42 Å². The number of nitrogens with one attached hydrogen (secondary N) is 1. The van der Waals surface area contributed by atoms with E-state index in [1.807, 2.05) is 6.08 Å². The van der Waals surface area contributed by atoms with Crippen molar-refractivity contribution in [3.63, 3.8) is 0 Å². The summed E-state index contributed by atoms with van der Waals surface area (Å²) in [7, 11) is 0. The van der Waals surface area contributed by atoms with Gasteiger partial charge in [-0.15, -0.1) is 0 Å². The topological polar surface area (TPSA) is 89.8 Å². The van der Waals surface area contributed by atoms with E-state index in [2.05, 4.69) is 55.6 Å². The lowest BCUT2D eigenvalue weighted by atomic mass is 10.0. The average Bonchev–Trinajstić information content (AvgIpc) is 3.20. The molecule has 0 aromatic rings. The van der Waals surface area contributed by atoms with Gasteiger partial charge in [-0.3, -0.25) is 4.79 Å². The molecule has 328 valence electrons. The molecule has 0 bridgehead atoms. The molecule has 0 aliphatic heterocycles. The number of aliphatic hydroxyl groups excluding tert-OH is 3. The molecule has 5 heteroatoms. The smallest absolute Gasteiger partial charge is 0.249 e. The molecule has 0 saturated carbocycles. The Morgan fingerprint density at radius 1 is 0.464 bits per heavy atom. The van der Waals surface area contributed by atoms with E-state index in [9.17, 15) is 20.1 Å². The molecule has 0 heterocycles. The summed E-state index contributed by atoms with van der Waals surface area (Å²) in [6.45, 7) is 4.08. The van der Waals surface area contributed by atoms with Crippen molar-refractivity contribution in [2.45, 2.75) is 263 Å². The van der Waals surface area contributed by atoms with E-state index >= 15 is 0 Å². The Hall–Kier alpha value is -1.69. The van der Waals surface area contributed by atoms with Crippen LogP contribution >= 0.6 is 0 Å². The summed E-state index contributed by atoms with van der Waals surface area (Å²) in [5, 5.41) is 33.2. The summed E-state index contributed by atoms with van der Waals surface area (Å²) in [6.07, 6.45) is 60.2. The third kappa shape index (κ3) is 40.5. The zero-order chi connectivity index (χ0) is 40.8. The maximum atomic E-state index is 12.5. The fourth-order valence-electron chi connectivity index (χ4n) is 7.36. The molecule has 56 heavy (non-hydrogen) atoms. The van der Waals surface area contributed by atoms with Crippen molar-refractivity contribution in [1.29, 1.82) is 0 Å². The highest BCUT2D eigenvalue weighted by Gasteiger charge is 2.22. The lowest BCUT2D eigenvalue weighted by Gasteiger charge is -2.21. The van der Waals surface area contributed by atoms with Gasteiger partial charge < -0.3 is 20.6 Å². The van der Waals surface area contributed by atoms with Gasteiger partial charge in [0.05, 0.1) is 18.8 Å². The molecule has 5 nitrogen and oxygen atoms in total. The van der Waals surface area contributed by atoms with Crippen molar-refractivity contribution in [2.75, 3.05) is 6.61 Å². The molecular formula is C51H95NO4. The number of amides is 1. The molecule has 0 aromatic carbocycles. The zero-order valence-corrected chi connectivity index (χ0v) is 37.3. The Kier molecular flexibility index (Phi) is 44.6. The number of rotatable bonds is 44. The van der Waals surface area contributed by atoms with Crippen LogP contribution < -0.4 is 5.32 Å². The van der Waals surface area contributed by atoms with Gasteiger partial charge in [-0.25, -0.2) is 0 Å². The Bertz CT molecular complexity index is 912. The van der Waals surface area contributed by atoms with E-state index in [1.54, 1.807) is 6.08 Å². The van der Waals surface area contributed by atoms with Crippen LogP contribution in [0.25, 0.3) is 0 Å². The molecule has 0 aliphatic carbocycles. The summed E-state index contributed by atoms with van der Waals surface area (Å²) in [4.78, 5) is 12.5. The number of aliphatic hydroxyl groups is 3. The standard InChI is InChI=1S/C51H95NO4/c1-3-5-7-9-11-13-15-17-19-21-23-25-26-28-29-31-33-35-37-39-41-43-45-49(54)48(47-53)52-51(56)50(55)46-44-42-40-38-36-34-32-30-27-24-22-20-18-16-14-12-10-8-6-4-2/h6,8,12,14,35,37,43,45,48-50,53-55H,3-5,7,9-11,13,15-34,36,38-42,44,46-47H2,1-2H3,(H,52,56)/b8-6-,14-12-,37-35+,45-43+. The van der Waals surface area contributed by atoms with Gasteiger partial charge in [0.25, 0.3) is 0 Å². The third-order valence-corrected chi connectivity index (χ3v) is 11.2. The molecule has 3 unspecified atom stereocenters. The molecule has 1 amide bonds. The van der Waals surface area contributed by atoms with Crippen LogP contribution in [0, 0.1) is 0 Å². The Morgan fingerprint density at radius 3 is 1.29 bits per heavy atom. The molecule has 0 rings (SSSR count). The monoisotopic (exact) mass is 786 g/mol. The number of hydrogen-bond donors (Lipinski definition) is 4. The van der Waals surface area contributed by atoms with E-state index in [4.69, 9.17) is 0 Å². The van der Waals surface area contributed by atoms with Crippen molar-refractivity contribution < 1.29 is 20.1 Å². The average molecular weight is 786 g/mol. The van der Waals surface area contributed by atoms with Gasteiger partial charge in [0.15, 0.2) is 0 Å². The molecule has 0 aliphatic rings. The molecule has 0 radical (unpaired) electrons. The Morgan fingerprint density at radius 2 is 0.839 bits per heavy atom. The van der Waals surface area contributed by atoms with Crippen LogP contribution in [0.5, 0.6) is 0 Å². The predicted octanol–water partition coefficient (Wildman–Crippen LogP) is 14.5. The first-order chi connectivity index (χ1) is 27.6. The highest BCUT2D eigenvalue weighted by atomic mass is 16.3. The summed E-state index contributed by atoms with van der Waals surface area (Å²) in [5.41, 5.74) is 0. The maximum absolute atomic E-state index is 12.5. The van der Waals surface area contributed by atoms with Crippen LogP contribution in [0.2, 0.25) is 0 Å². The van der Waals surface area contributed by atoms with Crippen molar-refractivity contribution in [3.8, 4) is 0 Å². The molecule has 0 spiro atoms. The molecule has 0 fully saturated rings. The van der Waals surface area contributed by atoms with Crippen LogP contribution in [0.15, 0.2) is 48.6 Å². The maximum Gasteiger partial charge on any atom is 0.249 e. The number of carbonyl (C=O) groups excluding carboxylic acids is 1. The number of carbonyl (C=O) groups is 1. The van der Waals surface area contributed by atoms with Crippen LogP contribution in [0.3, 0.4) is 0 Å². The van der Waals surface area contributed by atoms with Crippen LogP contribution in [-0.2, 0) is 4.79 Å². The lowest BCUT2D eigenvalue weighted by Crippen LogP contribution is -2.48. The van der Waals surface area contributed by atoms with Crippen LogP contribution in [0.4, 0.5) is 0 Å². The van der Waals surface area contributed by atoms with Gasteiger partial charge in [-0.2, -0.15) is 0 Å². The highest BCUT2D eigenvalue weighted by Crippen LogP contribution is 2.16. The van der Waals surface area contributed by atoms with E-state index < -0.39 is 24.2 Å². The fourth-order valence-corrected chi connectivity index (χ4v) is 7.36. The first-order valence-electron chi connectivity index (χ1n) is 24.5. The second-order valence-electron chi connectivity index (χ2n) is 16.6. The van der Waals surface area contributed by atoms with Gasteiger partial charge in [-0.05, 0) is 57.8 Å². The minimum atomic E-state index is -1.11. The van der Waals surface area contributed by atoms with Crippen molar-refractivity contribution in [3.05, 3.63) is 48.6 Å². The fraction of sp³-hybridized carbons (Fsp3) is 0.824. The van der Waals surface area contributed by atoms with Gasteiger partial charge >= 0.3 is 0 Å². The number of unbranched alkanes of at least 4 members (excludes halogenated alkanes) is 30. The zero-order valence-electron chi connectivity index (χ0n) is 37.3. The Balaban J connectivity index is 3.66. The summed E-state index contributed by atoms with van der Waals surface area (Å²) in [6, 6.07) is -0.816. The first kappa shape index (κ1) is 54.3. The van der Waals surface area contributed by atoms with E-state index in [1.165, 1.54) is 173 Å². The number of hydrogen-bond acceptors (Lipinski definition) is 4. The largest absolute Gasteiger partial charge is 0.394 e. The molecule has 3 atom stereocenters. The van der Waals surface area contributed by atoms with Crippen LogP contribution in [0.1, 0.15) is 245 Å². The van der Waals surface area contributed by atoms with Gasteiger partial charge in [-0.1, -0.05) is 236 Å². The first-order valence-corrected chi connectivity index (χ1v) is 24.5. The van der Waals surface area contributed by atoms with Gasteiger partial charge in [0, 0.05) is 0 Å². The molecule has 0 aromatic heterocycles. The van der Waals surface area contributed by atoms with Crippen molar-refractivity contribution >= 4 is 5.91 Å². The second-order valence-corrected chi connectivity index (χ2v) is 16.6. The van der Waals surface area contributed by atoms with Gasteiger partial charge in [0.2, 0.25) is 5.91 Å². The van der Waals surface area contributed by atoms with E-state index in [0.717, 1.165) is 51.4 Å². The summed E-state index contributed by atoms with van der Waals surface area (Å²) < 4.78 is 0. The highest BCUT2D eigenvalue weighted by molar-refractivity contribution is 5.80. The van der Waals surface area contributed by atoms with Crippen LogP contribution in [-0.4, -0.2) is 46.1 Å². The van der Waals surface area contributed by atoms with E-state index in [-0.39, 0.29) is 6.61 Å². The quantitative estimate of drug-likeness (QED) is 0.0366. The minimum Gasteiger partial charge on any atom is -0.394 e. The van der Waals surface area contributed by atoms with Crippen molar-refractivity contribution in [1.82, 2.24) is 5.32 Å². The lowest BCUT2D eigenvalue weighted by molar-refractivity contribution is -0.131. The SMILES string of the molecule is CC/C=C\C/C=C\CCCCCCCCCCCCCCCC(O)C(=O)NC(CO)C(O)/C=C/CC/C=C/CCCCCCCCCCCCCCCCCC. The molecule has 0 saturated heterocycles. The predicted molar refractivity (Wildman–Crippen MR) is 245 cm³/mol. The second kappa shape index (κ2) is 46.0. The molecular weight excluding hydrogens is 691 g/mol. The number of allylic oxidation sites excluding steroid dienone is 7. The van der Waals surface area contributed by atoms with Gasteiger partial charge in [0.1, 0.15) is 6.10 Å². The summed E-state index contributed by atoms with van der Waals surface area (Å²) in [5.74, 6) is -0.513. The van der Waals surface area contributed by atoms with Crippen molar-refractivity contribution in [2.24, 2.45) is 0 Å². The normalized spacial score (nSPS) is 13.9. The minimum absolute atomic E-state index is 0.376. The molecule has 4 N–H and O–H groups in total. The Labute approximate surface area is 348 Å².